The molecule has 0 saturated heterocycles. The Kier molecular flexibility index (Phi) is 25.4. The van der Waals surface area contributed by atoms with Crippen LogP contribution in [-0.2, 0) is 0 Å². The minimum absolute atomic E-state index is 0.668. The van der Waals surface area contributed by atoms with Gasteiger partial charge in [-0.25, -0.2) is 0 Å². The molecule has 188 valence electrons. The number of hydrogen-bond acceptors (Lipinski definition) is 0. The summed E-state index contributed by atoms with van der Waals surface area (Å²) < 4.78 is 0. The highest BCUT2D eigenvalue weighted by atomic mass is 31.2. The van der Waals surface area contributed by atoms with Crippen LogP contribution in [0.3, 0.4) is 0 Å². The van der Waals surface area contributed by atoms with Crippen molar-refractivity contribution in [2.45, 2.75) is 169 Å². The Morgan fingerprint density at radius 1 is 0.258 bits per heavy atom. The van der Waals surface area contributed by atoms with E-state index in [0.29, 0.717) is 0 Å². The molecule has 0 aromatic carbocycles. The van der Waals surface area contributed by atoms with Crippen LogP contribution in [0.4, 0.5) is 0 Å². The van der Waals surface area contributed by atoms with Crippen molar-refractivity contribution in [3.8, 4) is 0 Å². The maximum Gasteiger partial charge on any atom is 0.0594 e. The highest BCUT2D eigenvalue weighted by molar-refractivity contribution is 7.75. The van der Waals surface area contributed by atoms with Gasteiger partial charge in [-0.05, 0) is 32.1 Å². The first-order chi connectivity index (χ1) is 15.2. The maximum absolute atomic E-state index is 2.38. The van der Waals surface area contributed by atoms with Gasteiger partial charge in [-0.15, -0.1) is 0 Å². The Balaban J connectivity index is 4.08. The predicted octanol–water partition coefficient (Wildman–Crippen LogP) is 11.7. The van der Waals surface area contributed by atoms with Gasteiger partial charge in [0.2, 0.25) is 0 Å². The molecule has 0 fully saturated rings. The quantitative estimate of drug-likeness (QED) is 0.0898. The first-order valence-corrected chi connectivity index (χ1v) is 17.6. The van der Waals surface area contributed by atoms with Crippen LogP contribution >= 0.6 is 7.26 Å². The molecule has 0 spiro atoms. The summed E-state index contributed by atoms with van der Waals surface area (Å²) in [5.74, 6) is 0. The lowest BCUT2D eigenvalue weighted by Crippen LogP contribution is -2.13. The summed E-state index contributed by atoms with van der Waals surface area (Å²) in [5, 5.41) is 0. The van der Waals surface area contributed by atoms with E-state index in [0.717, 1.165) is 0 Å². The Morgan fingerprint density at radius 2 is 0.452 bits per heavy atom. The molecule has 0 aliphatic rings. The van der Waals surface area contributed by atoms with Crippen LogP contribution in [0.2, 0.25) is 0 Å². The van der Waals surface area contributed by atoms with Gasteiger partial charge < -0.3 is 0 Å². The molecule has 0 unspecified atom stereocenters. The van der Waals surface area contributed by atoms with Gasteiger partial charge in [0.25, 0.3) is 0 Å². The smallest absolute Gasteiger partial charge is 0.0594 e. The maximum atomic E-state index is 2.38. The van der Waals surface area contributed by atoms with Gasteiger partial charge in [0.1, 0.15) is 0 Å². The fraction of sp³-hybridized carbons (Fsp3) is 1.00. The van der Waals surface area contributed by atoms with Crippen LogP contribution in [0.15, 0.2) is 0 Å². The van der Waals surface area contributed by atoms with Crippen molar-refractivity contribution < 1.29 is 0 Å². The Hall–Kier alpha value is 0.430. The number of rotatable bonds is 26. The second-order valence-electron chi connectivity index (χ2n) is 10.6. The van der Waals surface area contributed by atoms with Crippen molar-refractivity contribution in [1.82, 2.24) is 0 Å². The zero-order valence-electron chi connectivity index (χ0n) is 22.8. The molecule has 0 atom stereocenters. The molecule has 0 radical (unpaired) electrons. The predicted molar refractivity (Wildman–Crippen MR) is 151 cm³/mol. The molecular formula is C30H64P+. The summed E-state index contributed by atoms with van der Waals surface area (Å²) >= 11 is 0. The summed E-state index contributed by atoms with van der Waals surface area (Å²) in [6, 6.07) is 0. The van der Waals surface area contributed by atoms with E-state index in [1.54, 1.807) is 31.1 Å². The molecule has 0 aliphatic heterocycles. The molecule has 0 N–H and O–H groups in total. The van der Waals surface area contributed by atoms with E-state index in [2.05, 4.69) is 27.7 Å². The van der Waals surface area contributed by atoms with Crippen molar-refractivity contribution in [2.24, 2.45) is 0 Å². The van der Waals surface area contributed by atoms with Crippen LogP contribution in [0.1, 0.15) is 169 Å². The highest BCUT2D eigenvalue weighted by Crippen LogP contribution is 2.61. The molecule has 0 saturated carbocycles. The molecule has 0 amide bonds. The van der Waals surface area contributed by atoms with Gasteiger partial charge in [0, 0.05) is 7.26 Å². The van der Waals surface area contributed by atoms with Gasteiger partial charge in [-0.3, -0.25) is 0 Å². The zero-order chi connectivity index (χ0) is 22.9. The van der Waals surface area contributed by atoms with E-state index in [1.807, 2.05) is 0 Å². The first-order valence-electron chi connectivity index (χ1n) is 15.1. The lowest BCUT2D eigenvalue weighted by atomic mass is 10.1. The lowest BCUT2D eigenvalue weighted by Gasteiger charge is -2.28. The van der Waals surface area contributed by atoms with Crippen LogP contribution in [0, 0.1) is 0 Å². The number of unbranched alkanes of at least 4 members (excludes halogenated alkanes) is 18. The molecule has 0 heterocycles. The van der Waals surface area contributed by atoms with E-state index >= 15 is 0 Å². The van der Waals surface area contributed by atoms with Crippen molar-refractivity contribution in [3.05, 3.63) is 0 Å². The summed E-state index contributed by atoms with van der Waals surface area (Å²) in [7, 11) is -0.668. The Bertz CT molecular complexity index is 298. The van der Waals surface area contributed by atoms with Crippen molar-refractivity contribution in [1.29, 1.82) is 0 Å². The normalized spacial score (nSPS) is 12.0. The largest absolute Gasteiger partial charge is 0.0654 e. The van der Waals surface area contributed by atoms with Crippen molar-refractivity contribution >= 4 is 7.26 Å². The average molecular weight is 456 g/mol. The molecule has 0 nitrogen and oxygen atoms in total. The second-order valence-corrected chi connectivity index (χ2v) is 15.1. The standard InChI is InChI=1S/C30H64P/c1-5-9-13-14-15-16-17-18-19-20-21-22-26-30-31(27-23-10-6-2,28-24-11-7-3)29-25-12-8-4/h5-30H2,1-4H3/q+1. The fourth-order valence-corrected chi connectivity index (χ4v) is 10.1. The van der Waals surface area contributed by atoms with E-state index < -0.39 is 7.26 Å². The van der Waals surface area contributed by atoms with E-state index in [4.69, 9.17) is 0 Å². The third-order valence-corrected chi connectivity index (χ3v) is 12.5. The third kappa shape index (κ3) is 20.7. The van der Waals surface area contributed by atoms with E-state index in [1.165, 1.54) is 135 Å². The minimum Gasteiger partial charge on any atom is -0.0654 e. The molecule has 0 bridgehead atoms. The van der Waals surface area contributed by atoms with Crippen LogP contribution in [-0.4, -0.2) is 24.6 Å². The van der Waals surface area contributed by atoms with Crippen LogP contribution < -0.4 is 0 Å². The van der Waals surface area contributed by atoms with Gasteiger partial charge in [0.05, 0.1) is 24.6 Å². The van der Waals surface area contributed by atoms with Gasteiger partial charge in [-0.2, -0.15) is 0 Å². The van der Waals surface area contributed by atoms with Crippen molar-refractivity contribution in [2.75, 3.05) is 24.6 Å². The molecule has 31 heavy (non-hydrogen) atoms. The Labute approximate surface area is 200 Å². The zero-order valence-corrected chi connectivity index (χ0v) is 23.7. The van der Waals surface area contributed by atoms with Gasteiger partial charge in [0.15, 0.2) is 0 Å². The van der Waals surface area contributed by atoms with E-state index in [-0.39, 0.29) is 0 Å². The van der Waals surface area contributed by atoms with E-state index in [9.17, 15) is 0 Å². The minimum atomic E-state index is -0.668. The summed E-state index contributed by atoms with van der Waals surface area (Å²) in [6.07, 6.45) is 39.0. The molecule has 1 heteroatoms. The molecule has 0 aromatic heterocycles. The third-order valence-electron chi connectivity index (χ3n) is 7.44. The summed E-state index contributed by atoms with van der Waals surface area (Å²) in [5.41, 5.74) is 0. The SMILES string of the molecule is CCCCCCCCCCCCCCC[P+](CCCCC)(CCCCC)CCCCC. The summed E-state index contributed by atoms with van der Waals surface area (Å²) in [4.78, 5) is 0. The average Bonchev–Trinajstić information content (AvgIpc) is 2.77. The van der Waals surface area contributed by atoms with Crippen LogP contribution in [0.25, 0.3) is 0 Å². The first kappa shape index (κ1) is 31.4. The summed E-state index contributed by atoms with van der Waals surface area (Å²) in [6.45, 7) is 9.44. The van der Waals surface area contributed by atoms with Gasteiger partial charge in [-0.1, -0.05) is 137 Å². The monoisotopic (exact) mass is 455 g/mol. The van der Waals surface area contributed by atoms with Crippen LogP contribution in [0.5, 0.6) is 0 Å². The lowest BCUT2D eigenvalue weighted by molar-refractivity contribution is 0.542. The molecule has 0 aromatic rings. The number of hydrogen-bond donors (Lipinski definition) is 0. The second kappa shape index (κ2) is 25.1. The fourth-order valence-electron chi connectivity index (χ4n) is 5.23. The molecule has 0 rings (SSSR count). The topological polar surface area (TPSA) is 0 Å². The highest BCUT2D eigenvalue weighted by Gasteiger charge is 2.34. The molecular weight excluding hydrogens is 391 g/mol. The Morgan fingerprint density at radius 3 is 0.742 bits per heavy atom. The van der Waals surface area contributed by atoms with Gasteiger partial charge >= 0.3 is 0 Å². The van der Waals surface area contributed by atoms with Crippen molar-refractivity contribution in [3.63, 3.8) is 0 Å². The molecule has 0 aliphatic carbocycles.